The summed E-state index contributed by atoms with van der Waals surface area (Å²) in [5, 5.41) is 3.61. The van der Waals surface area contributed by atoms with Gasteiger partial charge in [0.15, 0.2) is 0 Å². The van der Waals surface area contributed by atoms with Gasteiger partial charge < -0.3 is 5.32 Å². The smallest absolute Gasteiger partial charge is 0.260 e. The first-order valence-electron chi connectivity index (χ1n) is 5.84. The lowest BCUT2D eigenvalue weighted by Gasteiger charge is -2.07. The number of benzene rings is 2. The fourth-order valence-electron chi connectivity index (χ4n) is 1.88. The van der Waals surface area contributed by atoms with Crippen molar-refractivity contribution in [3.63, 3.8) is 0 Å². The molecule has 2 aromatic carbocycles. The summed E-state index contributed by atoms with van der Waals surface area (Å²) < 4.78 is 1.59. The first kappa shape index (κ1) is 13.3. The minimum absolute atomic E-state index is 0.185. The first-order chi connectivity index (χ1) is 9.63. The number of rotatable bonds is 2. The maximum Gasteiger partial charge on any atom is 0.260 e. The highest BCUT2D eigenvalue weighted by Gasteiger charge is 2.08. The Morgan fingerprint density at radius 1 is 1.10 bits per heavy atom. The third-order valence-electron chi connectivity index (χ3n) is 2.76. The zero-order chi connectivity index (χ0) is 14.1. The Kier molecular flexibility index (Phi) is 3.58. The molecule has 0 unspecified atom stereocenters. The third kappa shape index (κ3) is 2.62. The lowest BCUT2D eigenvalue weighted by atomic mass is 10.2. The van der Waals surface area contributed by atoms with Crippen LogP contribution in [0, 0.1) is 0 Å². The van der Waals surface area contributed by atoms with Crippen LogP contribution in [0.15, 0.2) is 56.2 Å². The summed E-state index contributed by atoms with van der Waals surface area (Å²) in [5.74, 6) is 0.414. The molecule has 0 radical (unpaired) electrons. The normalized spacial score (nSPS) is 10.7. The maximum atomic E-state index is 12.1. The van der Waals surface area contributed by atoms with E-state index in [-0.39, 0.29) is 5.56 Å². The summed E-state index contributed by atoms with van der Waals surface area (Å²) in [5.41, 5.74) is 1.30. The molecule has 0 spiro atoms. The second-order valence-electron chi connectivity index (χ2n) is 4.19. The van der Waals surface area contributed by atoms with Crippen LogP contribution < -0.4 is 10.9 Å². The number of fused-ring (bicyclic) bond motifs is 1. The van der Waals surface area contributed by atoms with Crippen molar-refractivity contribution in [3.8, 4) is 0 Å². The van der Waals surface area contributed by atoms with Crippen molar-refractivity contribution >= 4 is 54.4 Å². The van der Waals surface area contributed by atoms with Crippen molar-refractivity contribution in [1.82, 2.24) is 9.97 Å². The number of aromatic nitrogens is 2. The van der Waals surface area contributed by atoms with Gasteiger partial charge >= 0.3 is 0 Å². The highest BCUT2D eigenvalue weighted by atomic mass is 79.9. The SMILES string of the molecule is O=c1[nH]c(Nc2ccccc2)nc2c(Br)cc(Br)cc12. The van der Waals surface area contributed by atoms with Crippen molar-refractivity contribution in [2.24, 2.45) is 0 Å². The molecule has 0 aliphatic carbocycles. The highest BCUT2D eigenvalue weighted by Crippen LogP contribution is 2.26. The monoisotopic (exact) mass is 393 g/mol. The molecule has 0 aliphatic heterocycles. The van der Waals surface area contributed by atoms with Gasteiger partial charge in [0.1, 0.15) is 0 Å². The number of hydrogen-bond donors (Lipinski definition) is 2. The zero-order valence-corrected chi connectivity index (χ0v) is 13.3. The molecule has 0 aliphatic rings. The lowest BCUT2D eigenvalue weighted by molar-refractivity contribution is 1.17. The van der Waals surface area contributed by atoms with Gasteiger partial charge in [-0.3, -0.25) is 9.78 Å². The van der Waals surface area contributed by atoms with E-state index in [0.717, 1.165) is 14.6 Å². The van der Waals surface area contributed by atoms with Crippen molar-refractivity contribution in [2.45, 2.75) is 0 Å². The standard InChI is InChI=1S/C14H9Br2N3O/c15-8-6-10-12(11(16)7-8)18-14(19-13(10)20)17-9-4-2-1-3-5-9/h1-7H,(H2,17,18,19,20). The van der Waals surface area contributed by atoms with Gasteiger partial charge in [-0.2, -0.15) is 0 Å². The number of anilines is 2. The Balaban J connectivity index is 2.13. The lowest BCUT2D eigenvalue weighted by Crippen LogP contribution is -2.11. The van der Waals surface area contributed by atoms with E-state index >= 15 is 0 Å². The van der Waals surface area contributed by atoms with Crippen LogP contribution in [0.1, 0.15) is 0 Å². The van der Waals surface area contributed by atoms with E-state index in [9.17, 15) is 4.79 Å². The van der Waals surface area contributed by atoms with E-state index in [4.69, 9.17) is 0 Å². The molecule has 0 fully saturated rings. The second-order valence-corrected chi connectivity index (χ2v) is 5.96. The van der Waals surface area contributed by atoms with Crippen molar-refractivity contribution in [1.29, 1.82) is 0 Å². The Morgan fingerprint density at radius 3 is 2.60 bits per heavy atom. The molecule has 0 amide bonds. The van der Waals surface area contributed by atoms with E-state index in [2.05, 4.69) is 47.1 Å². The fraction of sp³-hybridized carbons (Fsp3) is 0. The molecule has 0 saturated carbocycles. The summed E-state index contributed by atoms with van der Waals surface area (Å²) in [4.78, 5) is 19.3. The first-order valence-corrected chi connectivity index (χ1v) is 7.43. The van der Waals surface area contributed by atoms with Crippen LogP contribution in [-0.4, -0.2) is 9.97 Å². The summed E-state index contributed by atoms with van der Waals surface area (Å²) in [7, 11) is 0. The van der Waals surface area contributed by atoms with Crippen LogP contribution in [0.25, 0.3) is 10.9 Å². The van der Waals surface area contributed by atoms with Gasteiger partial charge in [0, 0.05) is 14.6 Å². The number of hydrogen-bond acceptors (Lipinski definition) is 3. The zero-order valence-electron chi connectivity index (χ0n) is 10.2. The summed E-state index contributed by atoms with van der Waals surface area (Å²) in [6.45, 7) is 0. The van der Waals surface area contributed by atoms with Crippen LogP contribution in [0.2, 0.25) is 0 Å². The number of para-hydroxylation sites is 1. The van der Waals surface area contributed by atoms with E-state index < -0.39 is 0 Å². The van der Waals surface area contributed by atoms with E-state index in [0.29, 0.717) is 16.9 Å². The summed E-state index contributed by atoms with van der Waals surface area (Å²) >= 11 is 6.79. The average molecular weight is 395 g/mol. The van der Waals surface area contributed by atoms with Crippen molar-refractivity contribution in [2.75, 3.05) is 5.32 Å². The largest absolute Gasteiger partial charge is 0.326 e. The number of aromatic amines is 1. The number of nitrogens with zero attached hydrogens (tertiary/aromatic N) is 1. The molecule has 1 heterocycles. The Labute approximate surface area is 131 Å². The van der Waals surface area contributed by atoms with Crippen LogP contribution >= 0.6 is 31.9 Å². The van der Waals surface area contributed by atoms with Gasteiger partial charge in [0.25, 0.3) is 5.56 Å². The van der Waals surface area contributed by atoms with E-state index in [1.165, 1.54) is 0 Å². The number of H-pyrrole nitrogens is 1. The summed E-state index contributed by atoms with van der Waals surface area (Å²) in [6, 6.07) is 13.2. The van der Waals surface area contributed by atoms with Crippen LogP contribution in [0.3, 0.4) is 0 Å². The Bertz CT molecular complexity index is 831. The molecule has 4 nitrogen and oxygen atoms in total. The number of halogens is 2. The van der Waals surface area contributed by atoms with Gasteiger partial charge in [-0.15, -0.1) is 0 Å². The average Bonchev–Trinajstić information content (AvgIpc) is 2.41. The molecule has 20 heavy (non-hydrogen) atoms. The minimum Gasteiger partial charge on any atom is -0.326 e. The topological polar surface area (TPSA) is 57.8 Å². The van der Waals surface area contributed by atoms with E-state index in [1.54, 1.807) is 6.07 Å². The molecule has 1 aromatic heterocycles. The van der Waals surface area contributed by atoms with Gasteiger partial charge in [0.2, 0.25) is 5.95 Å². The molecule has 0 bridgehead atoms. The molecule has 100 valence electrons. The minimum atomic E-state index is -0.185. The fourth-order valence-corrected chi connectivity index (χ4v) is 3.20. The molecular weight excluding hydrogens is 386 g/mol. The van der Waals surface area contributed by atoms with Gasteiger partial charge in [-0.25, -0.2) is 4.98 Å². The van der Waals surface area contributed by atoms with Gasteiger partial charge in [-0.1, -0.05) is 34.1 Å². The predicted octanol–water partition coefficient (Wildman–Crippen LogP) is 4.19. The molecular formula is C14H9Br2N3O. The van der Waals surface area contributed by atoms with E-state index in [1.807, 2.05) is 36.4 Å². The molecule has 6 heteroatoms. The van der Waals surface area contributed by atoms with Crippen LogP contribution in [-0.2, 0) is 0 Å². The van der Waals surface area contributed by atoms with Crippen molar-refractivity contribution < 1.29 is 0 Å². The van der Waals surface area contributed by atoms with Gasteiger partial charge in [-0.05, 0) is 40.2 Å². The Hall–Kier alpha value is -1.66. The van der Waals surface area contributed by atoms with Crippen molar-refractivity contribution in [3.05, 3.63) is 61.8 Å². The predicted molar refractivity (Wildman–Crippen MR) is 87.5 cm³/mol. The molecule has 2 N–H and O–H groups in total. The molecule has 3 rings (SSSR count). The Morgan fingerprint density at radius 2 is 1.85 bits per heavy atom. The molecule has 0 atom stereocenters. The van der Waals surface area contributed by atoms with Crippen LogP contribution in [0.5, 0.6) is 0 Å². The molecule has 0 saturated heterocycles. The quantitative estimate of drug-likeness (QED) is 0.685. The van der Waals surface area contributed by atoms with Crippen LogP contribution in [0.4, 0.5) is 11.6 Å². The summed E-state index contributed by atoms with van der Waals surface area (Å²) in [6.07, 6.45) is 0. The maximum absolute atomic E-state index is 12.1. The second kappa shape index (κ2) is 5.38. The third-order valence-corrected chi connectivity index (χ3v) is 3.83. The highest BCUT2D eigenvalue weighted by molar-refractivity contribution is 9.11. The van der Waals surface area contributed by atoms with Gasteiger partial charge in [0.05, 0.1) is 10.9 Å². The molecule has 3 aromatic rings. The number of nitrogens with one attached hydrogen (secondary N) is 2.